The third-order valence-corrected chi connectivity index (χ3v) is 10.1. The number of ether oxygens (including phenoxy) is 4. The Morgan fingerprint density at radius 1 is 0.545 bits per heavy atom. The molecule has 5 aromatic carbocycles. The predicted molar refractivity (Wildman–Crippen MR) is 176 cm³/mol. The summed E-state index contributed by atoms with van der Waals surface area (Å²) in [4.78, 5) is 18.5. The fraction of sp³-hybridized carbons (Fsp3) is 0.162. The lowest BCUT2D eigenvalue weighted by Crippen LogP contribution is -2.14. The van der Waals surface area contributed by atoms with E-state index in [0.29, 0.717) is 11.1 Å². The second-order valence-corrected chi connectivity index (χ2v) is 13.1. The molecule has 7 heteroatoms. The minimum absolute atomic E-state index is 0.0270. The first-order valence-corrected chi connectivity index (χ1v) is 16.3. The van der Waals surface area contributed by atoms with Gasteiger partial charge < -0.3 is 18.9 Å². The zero-order valence-corrected chi connectivity index (χ0v) is 26.8. The van der Waals surface area contributed by atoms with E-state index in [1.54, 1.807) is 26.0 Å². The van der Waals surface area contributed by atoms with Gasteiger partial charge >= 0.3 is 0 Å². The highest BCUT2D eigenvalue weighted by atomic mass is 32.2. The molecule has 0 N–H and O–H groups in total. The summed E-state index contributed by atoms with van der Waals surface area (Å²) < 4.78 is 22.1. The number of hydrogen-bond donors (Lipinski definition) is 0. The van der Waals surface area contributed by atoms with Crippen molar-refractivity contribution >= 4 is 28.4 Å². The normalized spacial score (nSPS) is 13.1. The number of hydrogen-bond acceptors (Lipinski definition) is 6. The van der Waals surface area contributed by atoms with Crippen LogP contribution in [0.15, 0.2) is 152 Å². The lowest BCUT2D eigenvalue weighted by molar-refractivity contribution is -0.0385. The summed E-state index contributed by atoms with van der Waals surface area (Å²) in [6.45, 7) is 3.73. The number of benzene rings is 5. The summed E-state index contributed by atoms with van der Waals surface area (Å²) in [5.74, 6) is 1.54. The highest BCUT2D eigenvalue weighted by molar-refractivity contribution is 7.99. The third-order valence-electron chi connectivity index (χ3n) is 6.83. The Hall–Kier alpha value is -4.01. The average Bonchev–Trinajstić information content (AvgIpc) is 3.07. The van der Waals surface area contributed by atoms with Crippen molar-refractivity contribution in [3.63, 3.8) is 0 Å². The molecule has 5 nitrogen and oxygen atoms in total. The molecule has 2 unspecified atom stereocenters. The first-order valence-electron chi connectivity index (χ1n) is 14.2. The van der Waals surface area contributed by atoms with E-state index in [9.17, 15) is 4.79 Å². The molecule has 0 aromatic heterocycles. The van der Waals surface area contributed by atoms with Crippen molar-refractivity contribution in [2.75, 3.05) is 14.2 Å². The maximum absolute atomic E-state index is 12.8. The molecule has 0 saturated carbocycles. The Morgan fingerprint density at radius 2 is 0.932 bits per heavy atom. The number of carbonyl (C=O) groups is 1. The van der Waals surface area contributed by atoms with E-state index in [1.807, 2.05) is 92.7 Å². The fourth-order valence-electron chi connectivity index (χ4n) is 4.41. The molecule has 0 heterocycles. The van der Waals surface area contributed by atoms with Gasteiger partial charge in [0.1, 0.15) is 11.5 Å². The standard InChI is InChI=1S/C37H35O5S2/c1-26(39-3)41-30-12-20-34(21-13-30)44(35-22-14-31(15-23-35)42-27(2)40-4)36-24-18-33(19-25-36)43-32-16-10-29(11-17-32)37(38)28-8-6-5-7-9-28/h5-27H,1-4H3/q+1. The van der Waals surface area contributed by atoms with Crippen LogP contribution in [-0.2, 0) is 20.4 Å². The van der Waals surface area contributed by atoms with Gasteiger partial charge in [-0.3, -0.25) is 4.79 Å². The van der Waals surface area contributed by atoms with Crippen molar-refractivity contribution in [1.82, 2.24) is 0 Å². The first kappa shape index (κ1) is 31.4. The van der Waals surface area contributed by atoms with Gasteiger partial charge in [0.25, 0.3) is 0 Å². The molecule has 0 radical (unpaired) electrons. The fourth-order valence-corrected chi connectivity index (χ4v) is 7.26. The molecule has 2 atom stereocenters. The zero-order valence-electron chi connectivity index (χ0n) is 25.1. The molecule has 0 saturated heterocycles. The second kappa shape index (κ2) is 15.1. The Balaban J connectivity index is 1.36. The minimum atomic E-state index is -0.362. The van der Waals surface area contributed by atoms with Gasteiger partial charge in [0, 0.05) is 35.1 Å². The smallest absolute Gasteiger partial charge is 0.196 e. The third kappa shape index (κ3) is 8.12. The molecule has 44 heavy (non-hydrogen) atoms. The van der Waals surface area contributed by atoms with Gasteiger partial charge in [-0.2, -0.15) is 0 Å². The molecule has 0 amide bonds. The Kier molecular flexibility index (Phi) is 10.8. The van der Waals surface area contributed by atoms with E-state index in [0.717, 1.165) is 21.3 Å². The summed E-state index contributed by atoms with van der Waals surface area (Å²) in [6, 6.07) is 42.2. The van der Waals surface area contributed by atoms with E-state index in [-0.39, 0.29) is 29.3 Å². The van der Waals surface area contributed by atoms with Crippen LogP contribution in [-0.4, -0.2) is 32.6 Å². The van der Waals surface area contributed by atoms with Crippen LogP contribution in [0.1, 0.15) is 29.8 Å². The summed E-state index contributed by atoms with van der Waals surface area (Å²) in [7, 11) is 2.89. The molecule has 0 aliphatic rings. The molecule has 0 fully saturated rings. The van der Waals surface area contributed by atoms with E-state index >= 15 is 0 Å². The van der Waals surface area contributed by atoms with E-state index in [2.05, 4.69) is 48.5 Å². The maximum atomic E-state index is 12.8. The Labute approximate surface area is 266 Å². The minimum Gasteiger partial charge on any atom is -0.465 e. The van der Waals surface area contributed by atoms with Crippen molar-refractivity contribution in [1.29, 1.82) is 0 Å². The van der Waals surface area contributed by atoms with Gasteiger partial charge in [-0.15, -0.1) is 0 Å². The molecule has 224 valence electrons. The highest BCUT2D eigenvalue weighted by Gasteiger charge is 2.29. The zero-order chi connectivity index (χ0) is 30.9. The van der Waals surface area contributed by atoms with Crippen LogP contribution in [0.25, 0.3) is 0 Å². The highest BCUT2D eigenvalue weighted by Crippen LogP contribution is 2.35. The molecule has 0 aliphatic heterocycles. The SMILES string of the molecule is COC(C)Oc1ccc([S+](c2ccc(OC(C)OC)cc2)c2ccc(Sc3ccc(C(=O)c4ccccc4)cc3)cc2)cc1. The number of rotatable bonds is 13. The predicted octanol–water partition coefficient (Wildman–Crippen LogP) is 8.91. The van der Waals surface area contributed by atoms with Crippen LogP contribution in [0.5, 0.6) is 11.5 Å². The molecule has 5 aromatic rings. The quantitative estimate of drug-likeness (QED) is 0.0742. The molecular formula is C37H35O5S2+. The van der Waals surface area contributed by atoms with E-state index in [4.69, 9.17) is 18.9 Å². The van der Waals surface area contributed by atoms with Gasteiger partial charge in [0.05, 0.1) is 10.9 Å². The van der Waals surface area contributed by atoms with Gasteiger partial charge in [-0.05, 0) is 111 Å². The number of carbonyl (C=O) groups excluding carboxylic acids is 1. The molecule has 0 aliphatic carbocycles. The molecule has 0 spiro atoms. The van der Waals surface area contributed by atoms with Crippen molar-refractivity contribution in [3.8, 4) is 11.5 Å². The number of methoxy groups -OCH3 is 2. The number of ketones is 1. The van der Waals surface area contributed by atoms with Crippen LogP contribution < -0.4 is 9.47 Å². The average molecular weight is 624 g/mol. The van der Waals surface area contributed by atoms with Crippen LogP contribution in [0, 0.1) is 0 Å². The molecular weight excluding hydrogens is 589 g/mol. The molecule has 0 bridgehead atoms. The summed E-state index contributed by atoms with van der Waals surface area (Å²) >= 11 is 1.67. The van der Waals surface area contributed by atoms with Crippen molar-refractivity contribution in [3.05, 3.63) is 139 Å². The lowest BCUT2D eigenvalue weighted by Gasteiger charge is -2.14. The second-order valence-electron chi connectivity index (χ2n) is 9.88. The topological polar surface area (TPSA) is 54.0 Å². The van der Waals surface area contributed by atoms with Gasteiger partial charge in [0.2, 0.25) is 0 Å². The van der Waals surface area contributed by atoms with E-state index in [1.165, 1.54) is 14.7 Å². The van der Waals surface area contributed by atoms with Gasteiger partial charge in [0.15, 0.2) is 33.0 Å². The summed E-state index contributed by atoms with van der Waals surface area (Å²) in [5, 5.41) is 0. The Morgan fingerprint density at radius 3 is 1.36 bits per heavy atom. The lowest BCUT2D eigenvalue weighted by atomic mass is 10.0. The largest absolute Gasteiger partial charge is 0.465 e. The van der Waals surface area contributed by atoms with Crippen LogP contribution in [0.2, 0.25) is 0 Å². The van der Waals surface area contributed by atoms with Crippen molar-refractivity contribution in [2.24, 2.45) is 0 Å². The van der Waals surface area contributed by atoms with Gasteiger partial charge in [-0.1, -0.05) is 42.1 Å². The summed E-state index contributed by atoms with van der Waals surface area (Å²) in [5.41, 5.74) is 1.37. The maximum Gasteiger partial charge on any atom is 0.196 e. The van der Waals surface area contributed by atoms with Crippen LogP contribution in [0.4, 0.5) is 0 Å². The van der Waals surface area contributed by atoms with Gasteiger partial charge in [-0.25, -0.2) is 0 Å². The summed E-state index contributed by atoms with van der Waals surface area (Å²) in [6.07, 6.45) is -0.654. The monoisotopic (exact) mass is 623 g/mol. The van der Waals surface area contributed by atoms with Crippen LogP contribution in [0.3, 0.4) is 0 Å². The van der Waals surface area contributed by atoms with Crippen molar-refractivity contribution < 1.29 is 23.7 Å². The Bertz CT molecular complexity index is 1570. The molecule has 5 rings (SSSR count). The van der Waals surface area contributed by atoms with Crippen LogP contribution >= 0.6 is 11.8 Å². The van der Waals surface area contributed by atoms with Crippen molar-refractivity contribution in [2.45, 2.75) is 50.9 Å². The van der Waals surface area contributed by atoms with E-state index < -0.39 is 0 Å². The first-order chi connectivity index (χ1) is 21.4.